The lowest BCUT2D eigenvalue weighted by Gasteiger charge is -2.34. The Morgan fingerprint density at radius 2 is 0.812 bits per heavy atom. The highest BCUT2D eigenvalue weighted by Crippen LogP contribution is 2.40. The molecule has 19 nitrogen and oxygen atoms in total. The summed E-state index contributed by atoms with van der Waals surface area (Å²) < 4.78 is 94.6. The van der Waals surface area contributed by atoms with Gasteiger partial charge in [0.05, 0.1) is 44.2 Å². The van der Waals surface area contributed by atoms with E-state index in [0.29, 0.717) is 94.9 Å². The fraction of sp³-hybridized carbons (Fsp3) is 0.269. The lowest BCUT2D eigenvalue weighted by atomic mass is 10.0. The summed E-state index contributed by atoms with van der Waals surface area (Å²) in [6.07, 6.45) is 3.15. The summed E-state index contributed by atoms with van der Waals surface area (Å²) in [5.74, 6) is 20.9. The van der Waals surface area contributed by atoms with Crippen LogP contribution in [0.25, 0.3) is 0 Å². The second-order valence-corrected chi connectivity index (χ2v) is 32.5. The number of nitrogens with zero attached hydrogens (tertiary/aromatic N) is 6. The maximum absolute atomic E-state index is 14.8. The molecule has 6 aromatic carbocycles. The van der Waals surface area contributed by atoms with E-state index < -0.39 is 44.0 Å². The summed E-state index contributed by atoms with van der Waals surface area (Å²) >= 11 is 0. The molecule has 4 atom stereocenters. The Labute approximate surface area is 591 Å². The van der Waals surface area contributed by atoms with Gasteiger partial charge in [0, 0.05) is 114 Å². The first kappa shape index (κ1) is 74.8. The van der Waals surface area contributed by atoms with Crippen molar-refractivity contribution in [2.75, 3.05) is 66.4 Å². The van der Waals surface area contributed by atoms with Crippen LogP contribution in [-0.2, 0) is 62.7 Å². The molecule has 1 saturated heterocycles. The Morgan fingerprint density at radius 1 is 0.465 bits per heavy atom. The van der Waals surface area contributed by atoms with E-state index in [1.54, 1.807) is 142 Å². The third kappa shape index (κ3) is 19.8. The Morgan fingerprint density at radius 3 is 1.17 bits per heavy atom. The SMILES string of the molecule is CCCc1cc(OC)ccc1C#Cc1cc(CN2CCN(Cc3cc(C#Cc4ccc(OC)cc4CCS(=O)(=O)O)cc(P(=O)(O)c4ccccc4)n3)CCN(Cc3cc(C#Cc4ccc(OC)cc4CCC)cc(P(=O)(O)c4ccccc4)n3)C(CN)C2)nc(P(=O)(O)c2ccccc2)c1. The van der Waals surface area contributed by atoms with E-state index in [-0.39, 0.29) is 64.8 Å². The van der Waals surface area contributed by atoms with Crippen molar-refractivity contribution in [2.24, 2.45) is 5.73 Å². The minimum atomic E-state index is -4.38. The van der Waals surface area contributed by atoms with Crippen molar-refractivity contribution < 1.29 is 55.6 Å². The fourth-order valence-electron chi connectivity index (χ4n) is 12.0. The Balaban J connectivity index is 1.09. The van der Waals surface area contributed by atoms with Crippen molar-refractivity contribution in [3.63, 3.8) is 0 Å². The summed E-state index contributed by atoms with van der Waals surface area (Å²) in [7, 11) is -12.7. The maximum atomic E-state index is 14.8. The Kier molecular flexibility index (Phi) is 25.4. The summed E-state index contributed by atoms with van der Waals surface area (Å²) in [4.78, 5) is 57.7. The molecule has 4 heterocycles. The zero-order chi connectivity index (χ0) is 71.7. The lowest BCUT2D eigenvalue weighted by Crippen LogP contribution is -2.48. The van der Waals surface area contributed by atoms with Crippen molar-refractivity contribution in [1.82, 2.24) is 29.7 Å². The van der Waals surface area contributed by atoms with Crippen molar-refractivity contribution in [3.8, 4) is 52.8 Å². The molecule has 6 N–H and O–H groups in total. The molecule has 9 aromatic rings. The molecular formula is C78H82N7O12P3S. The van der Waals surface area contributed by atoms with Crippen LogP contribution in [0, 0.1) is 35.5 Å². The normalized spacial score (nSPS) is 15.6. The monoisotopic (exact) mass is 1430 g/mol. The molecule has 23 heteroatoms. The fourth-order valence-corrected chi connectivity index (χ4v) is 16.7. The average Bonchev–Trinajstić information content (AvgIpc) is 0.980. The highest BCUT2D eigenvalue weighted by molar-refractivity contribution is 7.85. The number of methoxy groups -OCH3 is 3. The van der Waals surface area contributed by atoms with Gasteiger partial charge in [-0.05, 0) is 163 Å². The van der Waals surface area contributed by atoms with Crippen LogP contribution in [0.2, 0.25) is 0 Å². The number of benzene rings is 6. The molecular weight excluding hydrogens is 1350 g/mol. The first-order valence-electron chi connectivity index (χ1n) is 33.2. The van der Waals surface area contributed by atoms with Crippen LogP contribution in [0.5, 0.6) is 17.2 Å². The van der Waals surface area contributed by atoms with Gasteiger partial charge in [-0.15, -0.1) is 0 Å². The van der Waals surface area contributed by atoms with Gasteiger partial charge in [0.15, 0.2) is 0 Å². The Bertz CT molecular complexity index is 4900. The largest absolute Gasteiger partial charge is 0.497 e. The number of nitrogens with two attached hydrogens (primary N) is 1. The van der Waals surface area contributed by atoms with Crippen LogP contribution in [0.15, 0.2) is 182 Å². The van der Waals surface area contributed by atoms with Gasteiger partial charge in [-0.2, -0.15) is 8.42 Å². The highest BCUT2D eigenvalue weighted by Gasteiger charge is 2.32. The highest BCUT2D eigenvalue weighted by atomic mass is 32.2. The second-order valence-electron chi connectivity index (χ2n) is 24.6. The molecule has 3 aromatic heterocycles. The third-order valence-electron chi connectivity index (χ3n) is 17.3. The van der Waals surface area contributed by atoms with Crippen molar-refractivity contribution >= 4 is 64.4 Å². The van der Waals surface area contributed by atoms with Crippen molar-refractivity contribution in [1.29, 1.82) is 0 Å². The van der Waals surface area contributed by atoms with Crippen LogP contribution in [0.4, 0.5) is 0 Å². The molecule has 0 radical (unpaired) electrons. The van der Waals surface area contributed by atoms with Crippen molar-refractivity contribution in [2.45, 2.75) is 71.6 Å². The van der Waals surface area contributed by atoms with Crippen LogP contribution < -0.4 is 52.2 Å². The molecule has 10 rings (SSSR count). The number of hydrogen-bond acceptors (Lipinski definition) is 15. The van der Waals surface area contributed by atoms with Gasteiger partial charge in [0.2, 0.25) is 0 Å². The predicted molar refractivity (Wildman–Crippen MR) is 398 cm³/mol. The van der Waals surface area contributed by atoms with E-state index >= 15 is 0 Å². The number of ether oxygens (including phenoxy) is 3. The van der Waals surface area contributed by atoms with E-state index in [2.05, 4.69) is 64.1 Å². The van der Waals surface area contributed by atoms with E-state index in [1.165, 1.54) is 13.2 Å². The van der Waals surface area contributed by atoms with Gasteiger partial charge in [-0.3, -0.25) is 32.9 Å². The summed E-state index contributed by atoms with van der Waals surface area (Å²) in [6, 6.07) is 51.1. The van der Waals surface area contributed by atoms with Gasteiger partial charge in [-0.25, -0.2) is 15.0 Å². The number of rotatable bonds is 23. The standard InChI is InChI=1S/C78H82N7O12P3S/c1-6-17-63-49-70(95-3)34-31-60(63)28-25-58-44-67(81-77(47-58)99(88,89)74-21-13-9-14-22-74)54-84-39-38-83(53-66-43-57(46-76(80-66)98(86,87)73-19-11-8-12-20-73)27-30-62-33-36-72(97-5)51-65(62)37-42-101(92,93)94)40-41-85(69(52-79)56-84)55-68-45-59(26-29-61-32-35-71(96-4)50-64(61)18-7-2)48-78(82-68)100(90,91)75-23-15-10-16-24-75/h8-16,19-24,31-36,43-51,69H,6-7,17-18,37-42,52-56,79H2,1-5H3,(H,86,87)(H,88,89)(H,90,91)(H,92,93,94). The minimum absolute atomic E-state index is 0.0464. The predicted octanol–water partition coefficient (Wildman–Crippen LogP) is 8.24. The van der Waals surface area contributed by atoms with Gasteiger partial charge >= 0.3 is 0 Å². The molecule has 101 heavy (non-hydrogen) atoms. The first-order chi connectivity index (χ1) is 48.6. The van der Waals surface area contributed by atoms with Gasteiger partial charge < -0.3 is 34.6 Å². The zero-order valence-electron chi connectivity index (χ0n) is 57.1. The zero-order valence-corrected chi connectivity index (χ0v) is 60.6. The quantitative estimate of drug-likeness (QED) is 0.0229. The Hall–Kier alpha value is -8.83. The van der Waals surface area contributed by atoms with E-state index in [9.17, 15) is 41.3 Å². The number of aryl methyl sites for hydroxylation is 3. The summed E-state index contributed by atoms with van der Waals surface area (Å²) in [6.45, 7) is 6.53. The van der Waals surface area contributed by atoms with E-state index in [4.69, 9.17) is 34.9 Å². The maximum Gasteiger partial charge on any atom is 0.276 e. The average molecular weight is 1430 g/mol. The van der Waals surface area contributed by atoms with Crippen LogP contribution in [0.3, 0.4) is 0 Å². The lowest BCUT2D eigenvalue weighted by molar-refractivity contribution is 0.139. The molecule has 0 amide bonds. The first-order valence-corrected chi connectivity index (χ1v) is 39.8. The number of pyridine rings is 3. The minimum Gasteiger partial charge on any atom is -0.497 e. The second kappa shape index (κ2) is 34.2. The topological polar surface area (TPSA) is 268 Å². The van der Waals surface area contributed by atoms with E-state index in [0.717, 1.165) is 47.9 Å². The summed E-state index contributed by atoms with van der Waals surface area (Å²) in [5, 5.41) is 0.547. The van der Waals surface area contributed by atoms with Gasteiger partial charge in [-0.1, -0.05) is 117 Å². The molecule has 0 saturated carbocycles. The number of hydrogen-bond donors (Lipinski definition) is 5. The van der Waals surface area contributed by atoms with E-state index in [1.807, 2.05) is 48.5 Å². The molecule has 0 aliphatic carbocycles. The van der Waals surface area contributed by atoms with Gasteiger partial charge in [0.1, 0.15) is 33.6 Å². The molecule has 1 aliphatic heterocycles. The van der Waals surface area contributed by atoms with Gasteiger partial charge in [0.25, 0.3) is 32.2 Å². The number of aromatic nitrogens is 3. The van der Waals surface area contributed by atoms with Crippen molar-refractivity contribution in [3.05, 3.63) is 249 Å². The smallest absolute Gasteiger partial charge is 0.276 e. The van der Waals surface area contributed by atoms with Crippen LogP contribution in [-0.4, -0.2) is 130 Å². The van der Waals surface area contributed by atoms with Crippen LogP contribution >= 0.6 is 22.1 Å². The molecule has 1 fully saturated rings. The van der Waals surface area contributed by atoms with Crippen LogP contribution in [0.1, 0.15) is 93.8 Å². The third-order valence-corrected chi connectivity index (χ3v) is 23.6. The molecule has 4 unspecified atom stereocenters. The molecule has 0 spiro atoms. The molecule has 1 aliphatic rings. The molecule has 0 bridgehead atoms. The summed E-state index contributed by atoms with van der Waals surface area (Å²) in [5.41, 5.74) is 13.8. The molecule has 522 valence electrons.